The first-order valence-corrected chi connectivity index (χ1v) is 4.97. The molecule has 4 heteroatoms. The van der Waals surface area contributed by atoms with E-state index in [1.54, 1.807) is 25.1 Å². The minimum atomic E-state index is -0.290. The molecule has 0 saturated heterocycles. The Morgan fingerprint density at radius 1 is 1.38 bits per heavy atom. The summed E-state index contributed by atoms with van der Waals surface area (Å²) in [5.41, 5.74) is 0.708. The third kappa shape index (κ3) is 3.65. The molecule has 0 unspecified atom stereocenters. The summed E-state index contributed by atoms with van der Waals surface area (Å²) >= 11 is 0. The fourth-order valence-corrected chi connectivity index (χ4v) is 1.16. The van der Waals surface area contributed by atoms with Crippen molar-refractivity contribution in [2.45, 2.75) is 13.3 Å². The van der Waals surface area contributed by atoms with E-state index in [0.29, 0.717) is 12.2 Å². The van der Waals surface area contributed by atoms with Gasteiger partial charge in [-0.25, -0.2) is 0 Å². The van der Waals surface area contributed by atoms with Gasteiger partial charge in [0.25, 0.3) is 0 Å². The van der Waals surface area contributed by atoms with E-state index in [-0.39, 0.29) is 23.9 Å². The summed E-state index contributed by atoms with van der Waals surface area (Å²) < 4.78 is 4.74. The number of hydrogen-bond donors (Lipinski definition) is 2. The number of phenolic OH excluding ortho intramolecular Hbond substituents is 2. The van der Waals surface area contributed by atoms with E-state index in [1.807, 2.05) is 0 Å². The van der Waals surface area contributed by atoms with Gasteiger partial charge in [0.1, 0.15) is 0 Å². The molecule has 0 saturated carbocycles. The van der Waals surface area contributed by atoms with Gasteiger partial charge in [0, 0.05) is 0 Å². The zero-order valence-electron chi connectivity index (χ0n) is 9.01. The van der Waals surface area contributed by atoms with Gasteiger partial charge in [-0.15, -0.1) is 0 Å². The van der Waals surface area contributed by atoms with Crippen LogP contribution in [0.4, 0.5) is 0 Å². The zero-order valence-corrected chi connectivity index (χ0v) is 9.01. The number of ether oxygens (including phenoxy) is 1. The van der Waals surface area contributed by atoms with Gasteiger partial charge in [0.15, 0.2) is 11.5 Å². The third-order valence-electron chi connectivity index (χ3n) is 1.90. The Bertz CT molecular complexity index is 396. The summed E-state index contributed by atoms with van der Waals surface area (Å²) in [6.07, 6.45) is 3.51. The molecule has 0 aromatic heterocycles. The van der Waals surface area contributed by atoms with Crippen LogP contribution in [0.15, 0.2) is 24.3 Å². The average Bonchev–Trinajstić information content (AvgIpc) is 2.24. The van der Waals surface area contributed by atoms with Gasteiger partial charge in [-0.3, -0.25) is 4.79 Å². The number of phenols is 2. The van der Waals surface area contributed by atoms with Crippen LogP contribution < -0.4 is 0 Å². The van der Waals surface area contributed by atoms with E-state index in [4.69, 9.17) is 9.84 Å². The molecule has 0 amide bonds. The lowest BCUT2D eigenvalue weighted by molar-refractivity contribution is -0.142. The Hall–Kier alpha value is -1.97. The van der Waals surface area contributed by atoms with E-state index < -0.39 is 0 Å². The Kier molecular flexibility index (Phi) is 4.39. The van der Waals surface area contributed by atoms with E-state index in [9.17, 15) is 9.90 Å². The molecule has 0 heterocycles. The molecule has 4 nitrogen and oxygen atoms in total. The quantitative estimate of drug-likeness (QED) is 0.604. The number of benzene rings is 1. The van der Waals surface area contributed by atoms with Gasteiger partial charge < -0.3 is 14.9 Å². The minimum Gasteiger partial charge on any atom is -0.504 e. The molecule has 0 fully saturated rings. The molecule has 86 valence electrons. The SMILES string of the molecule is CCOC(=O)CC=Cc1ccc(O)c(O)c1. The number of hydrogen-bond acceptors (Lipinski definition) is 4. The molecule has 0 spiro atoms. The second-order valence-electron chi connectivity index (χ2n) is 3.16. The monoisotopic (exact) mass is 222 g/mol. The highest BCUT2D eigenvalue weighted by Crippen LogP contribution is 2.25. The smallest absolute Gasteiger partial charge is 0.309 e. The van der Waals surface area contributed by atoms with Crippen LogP contribution in [0.2, 0.25) is 0 Å². The number of rotatable bonds is 4. The van der Waals surface area contributed by atoms with Crippen LogP contribution in [0.3, 0.4) is 0 Å². The van der Waals surface area contributed by atoms with Crippen molar-refractivity contribution >= 4 is 12.0 Å². The van der Waals surface area contributed by atoms with Crippen LogP contribution in [0.25, 0.3) is 6.08 Å². The normalized spacial score (nSPS) is 10.6. The maximum atomic E-state index is 11.0. The summed E-state index contributed by atoms with van der Waals surface area (Å²) in [6.45, 7) is 2.12. The maximum absolute atomic E-state index is 11.0. The first kappa shape index (κ1) is 12.1. The molecule has 0 bridgehead atoms. The summed E-state index contributed by atoms with van der Waals surface area (Å²) in [5.74, 6) is -0.637. The topological polar surface area (TPSA) is 66.8 Å². The molecule has 2 N–H and O–H groups in total. The molecule has 0 radical (unpaired) electrons. The molecular formula is C12H14O4. The highest BCUT2D eigenvalue weighted by atomic mass is 16.5. The number of aromatic hydroxyl groups is 2. The van der Waals surface area contributed by atoms with E-state index in [0.717, 1.165) is 0 Å². The van der Waals surface area contributed by atoms with E-state index in [2.05, 4.69) is 0 Å². The second kappa shape index (κ2) is 5.80. The van der Waals surface area contributed by atoms with E-state index >= 15 is 0 Å². The standard InChI is InChI=1S/C12H14O4/c1-2-16-12(15)5-3-4-9-6-7-10(13)11(14)8-9/h3-4,6-8,13-14H,2,5H2,1H3. The van der Waals surface area contributed by atoms with E-state index in [1.165, 1.54) is 12.1 Å². The van der Waals surface area contributed by atoms with Crippen LogP contribution in [0.5, 0.6) is 11.5 Å². The first-order valence-electron chi connectivity index (χ1n) is 4.97. The lowest BCUT2D eigenvalue weighted by atomic mass is 10.2. The minimum absolute atomic E-state index is 0.164. The second-order valence-corrected chi connectivity index (χ2v) is 3.16. The van der Waals surface area contributed by atoms with Crippen LogP contribution in [0.1, 0.15) is 18.9 Å². The summed E-state index contributed by atoms with van der Waals surface area (Å²) in [5, 5.41) is 18.3. The maximum Gasteiger partial charge on any atom is 0.309 e. The first-order chi connectivity index (χ1) is 7.63. The molecule has 1 aromatic carbocycles. The number of carbonyl (C=O) groups is 1. The van der Waals surface area contributed by atoms with Gasteiger partial charge in [-0.1, -0.05) is 18.2 Å². The Labute approximate surface area is 93.8 Å². The van der Waals surface area contributed by atoms with Crippen molar-refractivity contribution in [3.8, 4) is 11.5 Å². The van der Waals surface area contributed by atoms with Crippen molar-refractivity contribution in [3.63, 3.8) is 0 Å². The van der Waals surface area contributed by atoms with Gasteiger partial charge in [-0.05, 0) is 24.6 Å². The number of esters is 1. The molecular weight excluding hydrogens is 208 g/mol. The van der Waals surface area contributed by atoms with Crippen LogP contribution >= 0.6 is 0 Å². The van der Waals surface area contributed by atoms with Crippen LogP contribution in [0, 0.1) is 0 Å². The predicted octanol–water partition coefficient (Wildman–Crippen LogP) is 2.06. The van der Waals surface area contributed by atoms with Crippen LogP contribution in [-0.2, 0) is 9.53 Å². The highest BCUT2D eigenvalue weighted by molar-refractivity contribution is 5.72. The Balaban J connectivity index is 2.56. The Morgan fingerprint density at radius 2 is 2.12 bits per heavy atom. The predicted molar refractivity (Wildman–Crippen MR) is 60.1 cm³/mol. The fraction of sp³-hybridized carbons (Fsp3) is 0.250. The van der Waals surface area contributed by atoms with Gasteiger partial charge in [0.2, 0.25) is 0 Å². The highest BCUT2D eigenvalue weighted by Gasteiger charge is 1.99. The van der Waals surface area contributed by atoms with Gasteiger partial charge in [0.05, 0.1) is 13.0 Å². The van der Waals surface area contributed by atoms with Gasteiger partial charge >= 0.3 is 5.97 Å². The zero-order chi connectivity index (χ0) is 12.0. The molecule has 1 aromatic rings. The lowest BCUT2D eigenvalue weighted by Gasteiger charge is -1.99. The Morgan fingerprint density at radius 3 is 2.75 bits per heavy atom. The molecule has 0 aliphatic heterocycles. The van der Waals surface area contributed by atoms with Crippen LogP contribution in [-0.4, -0.2) is 22.8 Å². The van der Waals surface area contributed by atoms with Gasteiger partial charge in [-0.2, -0.15) is 0 Å². The summed E-state index contributed by atoms with van der Waals surface area (Å²) in [4.78, 5) is 11.0. The fourth-order valence-electron chi connectivity index (χ4n) is 1.16. The number of carbonyl (C=O) groups excluding carboxylic acids is 1. The molecule has 0 aliphatic rings. The lowest BCUT2D eigenvalue weighted by Crippen LogP contribution is -2.01. The van der Waals surface area contributed by atoms with Crippen molar-refractivity contribution in [2.24, 2.45) is 0 Å². The summed E-state index contributed by atoms with van der Waals surface area (Å²) in [7, 11) is 0. The largest absolute Gasteiger partial charge is 0.504 e. The van der Waals surface area contributed by atoms with Crippen molar-refractivity contribution in [2.75, 3.05) is 6.61 Å². The molecule has 0 aliphatic carbocycles. The molecule has 16 heavy (non-hydrogen) atoms. The molecule has 0 atom stereocenters. The molecule has 1 rings (SSSR count). The van der Waals surface area contributed by atoms with Crippen molar-refractivity contribution in [3.05, 3.63) is 29.8 Å². The van der Waals surface area contributed by atoms with Crippen molar-refractivity contribution in [1.29, 1.82) is 0 Å². The third-order valence-corrected chi connectivity index (χ3v) is 1.90. The van der Waals surface area contributed by atoms with Crippen molar-refractivity contribution in [1.82, 2.24) is 0 Å². The average molecular weight is 222 g/mol. The summed E-state index contributed by atoms with van der Waals surface area (Å²) in [6, 6.07) is 4.44. The van der Waals surface area contributed by atoms with Crippen molar-refractivity contribution < 1.29 is 19.7 Å².